The number of fused-ring (bicyclic) bond motifs is 1. The van der Waals surface area contributed by atoms with Crippen LogP contribution in [0, 0.1) is 0 Å². The minimum Gasteiger partial charge on any atom is -0.483 e. The van der Waals surface area contributed by atoms with E-state index in [2.05, 4.69) is 20.9 Å². The van der Waals surface area contributed by atoms with Crippen molar-refractivity contribution < 1.29 is 17.9 Å². The van der Waals surface area contributed by atoms with Gasteiger partial charge in [0.25, 0.3) is 0 Å². The van der Waals surface area contributed by atoms with Gasteiger partial charge in [-0.2, -0.15) is 13.2 Å². The Morgan fingerprint density at radius 3 is 2.73 bits per heavy atom. The van der Waals surface area contributed by atoms with E-state index in [9.17, 15) is 13.2 Å². The van der Waals surface area contributed by atoms with Crippen molar-refractivity contribution in [3.8, 4) is 5.75 Å². The van der Waals surface area contributed by atoms with Crippen LogP contribution in [-0.2, 0) is 19.0 Å². The summed E-state index contributed by atoms with van der Waals surface area (Å²) in [5.74, 6) is 0.572. The van der Waals surface area contributed by atoms with Crippen molar-refractivity contribution in [2.45, 2.75) is 32.0 Å². The maximum Gasteiger partial charge on any atom is 0.416 e. The number of pyridine rings is 1. The van der Waals surface area contributed by atoms with E-state index in [1.807, 2.05) is 19.1 Å². The smallest absolute Gasteiger partial charge is 0.416 e. The van der Waals surface area contributed by atoms with Crippen molar-refractivity contribution >= 4 is 15.9 Å². The summed E-state index contributed by atoms with van der Waals surface area (Å²) >= 11 is 3.29. The Labute approximate surface area is 134 Å². The van der Waals surface area contributed by atoms with Gasteiger partial charge in [0.1, 0.15) is 16.5 Å². The fourth-order valence-corrected chi connectivity index (χ4v) is 2.99. The van der Waals surface area contributed by atoms with Gasteiger partial charge in [0, 0.05) is 6.42 Å². The van der Waals surface area contributed by atoms with Crippen LogP contribution in [0.2, 0.25) is 0 Å². The van der Waals surface area contributed by atoms with E-state index >= 15 is 0 Å². The highest BCUT2D eigenvalue weighted by Gasteiger charge is 2.35. The molecule has 0 saturated heterocycles. The Kier molecular flexibility index (Phi) is 3.89. The standard InChI is InChI=1S/C16H13BrF3NO/c1-2-9-6-11(16(18,19)20)7-10-8-13(22-15(9)10)12-4-3-5-14(17)21-12/h3-7,13H,2,8H2,1H3. The lowest BCUT2D eigenvalue weighted by atomic mass is 10.00. The van der Waals surface area contributed by atoms with Gasteiger partial charge in [-0.1, -0.05) is 13.0 Å². The van der Waals surface area contributed by atoms with Crippen LogP contribution in [0.15, 0.2) is 34.9 Å². The SMILES string of the molecule is CCc1cc(C(F)(F)F)cc2c1OC(c1cccc(Br)n1)C2. The van der Waals surface area contributed by atoms with E-state index in [0.29, 0.717) is 40.0 Å². The fraction of sp³-hybridized carbons (Fsp3) is 0.312. The molecule has 1 aliphatic heterocycles. The van der Waals surface area contributed by atoms with E-state index < -0.39 is 11.7 Å². The van der Waals surface area contributed by atoms with Gasteiger partial charge in [-0.05, 0) is 57.7 Å². The zero-order valence-electron chi connectivity index (χ0n) is 11.7. The quantitative estimate of drug-likeness (QED) is 0.685. The normalized spacial score (nSPS) is 17.2. The molecule has 0 radical (unpaired) electrons. The summed E-state index contributed by atoms with van der Waals surface area (Å²) in [7, 11) is 0. The molecule has 116 valence electrons. The molecule has 6 heteroatoms. The average Bonchev–Trinajstić information content (AvgIpc) is 2.89. The van der Waals surface area contributed by atoms with Crippen LogP contribution in [0.3, 0.4) is 0 Å². The van der Waals surface area contributed by atoms with Gasteiger partial charge in [-0.3, -0.25) is 0 Å². The largest absolute Gasteiger partial charge is 0.483 e. The number of hydrogen-bond acceptors (Lipinski definition) is 2. The Balaban J connectivity index is 1.99. The first-order chi connectivity index (χ1) is 10.4. The van der Waals surface area contributed by atoms with Crippen molar-refractivity contribution in [2.75, 3.05) is 0 Å². The zero-order chi connectivity index (χ0) is 15.9. The molecule has 22 heavy (non-hydrogen) atoms. The molecule has 0 fully saturated rings. The minimum atomic E-state index is -4.34. The van der Waals surface area contributed by atoms with Gasteiger partial charge < -0.3 is 4.74 Å². The highest BCUT2D eigenvalue weighted by molar-refractivity contribution is 9.10. The Morgan fingerprint density at radius 2 is 2.09 bits per heavy atom. The Morgan fingerprint density at radius 1 is 1.32 bits per heavy atom. The van der Waals surface area contributed by atoms with Gasteiger partial charge in [0.15, 0.2) is 0 Å². The third-order valence-corrected chi connectivity index (χ3v) is 4.12. The molecule has 0 bridgehead atoms. The van der Waals surface area contributed by atoms with Crippen LogP contribution < -0.4 is 4.74 Å². The third-order valence-electron chi connectivity index (χ3n) is 3.68. The second kappa shape index (κ2) is 5.57. The molecule has 1 atom stereocenters. The summed E-state index contributed by atoms with van der Waals surface area (Å²) in [6.07, 6.45) is -3.80. The first kappa shape index (κ1) is 15.3. The molecule has 0 amide bonds. The Bertz CT molecular complexity index is 715. The summed E-state index contributed by atoms with van der Waals surface area (Å²) in [4.78, 5) is 4.33. The van der Waals surface area contributed by atoms with E-state index in [-0.39, 0.29) is 6.10 Å². The van der Waals surface area contributed by atoms with Crippen LogP contribution in [0.4, 0.5) is 13.2 Å². The monoisotopic (exact) mass is 371 g/mol. The number of aromatic nitrogens is 1. The number of nitrogens with zero attached hydrogens (tertiary/aromatic N) is 1. The van der Waals surface area contributed by atoms with Crippen LogP contribution in [-0.4, -0.2) is 4.98 Å². The second-order valence-corrected chi connectivity index (χ2v) is 5.98. The predicted molar refractivity (Wildman–Crippen MR) is 79.8 cm³/mol. The number of alkyl halides is 3. The molecule has 2 heterocycles. The molecule has 1 aromatic carbocycles. The minimum absolute atomic E-state index is 0.346. The molecule has 2 nitrogen and oxygen atoms in total. The van der Waals surface area contributed by atoms with Crippen LogP contribution in [0.1, 0.15) is 35.4 Å². The van der Waals surface area contributed by atoms with Gasteiger partial charge in [-0.15, -0.1) is 0 Å². The lowest BCUT2D eigenvalue weighted by Crippen LogP contribution is -2.06. The van der Waals surface area contributed by atoms with E-state index in [1.165, 1.54) is 12.1 Å². The number of halogens is 4. The van der Waals surface area contributed by atoms with Crippen molar-refractivity contribution in [2.24, 2.45) is 0 Å². The lowest BCUT2D eigenvalue weighted by molar-refractivity contribution is -0.137. The molecule has 1 aromatic heterocycles. The summed E-state index contributed by atoms with van der Waals surface area (Å²) in [5.41, 5.74) is 1.27. The number of rotatable bonds is 2. The number of benzene rings is 1. The predicted octanol–water partition coefficient (Wildman–Crippen LogP) is 5.10. The van der Waals surface area contributed by atoms with Gasteiger partial charge >= 0.3 is 6.18 Å². The highest BCUT2D eigenvalue weighted by Crippen LogP contribution is 2.42. The summed E-state index contributed by atoms with van der Waals surface area (Å²) in [6, 6.07) is 7.81. The first-order valence-electron chi connectivity index (χ1n) is 6.90. The number of ether oxygens (including phenoxy) is 1. The lowest BCUT2D eigenvalue weighted by Gasteiger charge is -2.13. The molecule has 0 aliphatic carbocycles. The summed E-state index contributed by atoms with van der Waals surface area (Å²) in [5, 5.41) is 0. The van der Waals surface area contributed by atoms with Crippen LogP contribution >= 0.6 is 15.9 Å². The molecule has 0 N–H and O–H groups in total. The topological polar surface area (TPSA) is 22.1 Å². The van der Waals surface area contributed by atoms with E-state index in [1.54, 1.807) is 6.07 Å². The molecule has 1 unspecified atom stereocenters. The fourth-order valence-electron chi connectivity index (χ4n) is 2.64. The van der Waals surface area contributed by atoms with Crippen molar-refractivity contribution in [1.82, 2.24) is 4.98 Å². The number of aryl methyl sites for hydroxylation is 1. The first-order valence-corrected chi connectivity index (χ1v) is 7.70. The molecule has 1 aliphatic rings. The third kappa shape index (κ3) is 2.84. The summed E-state index contributed by atoms with van der Waals surface area (Å²) < 4.78 is 45.5. The maximum atomic E-state index is 13.0. The summed E-state index contributed by atoms with van der Waals surface area (Å²) in [6.45, 7) is 1.82. The van der Waals surface area contributed by atoms with E-state index in [4.69, 9.17) is 4.74 Å². The molecular weight excluding hydrogens is 359 g/mol. The van der Waals surface area contributed by atoms with Crippen molar-refractivity contribution in [1.29, 1.82) is 0 Å². The average molecular weight is 372 g/mol. The van der Waals surface area contributed by atoms with Crippen LogP contribution in [0.25, 0.3) is 0 Å². The van der Waals surface area contributed by atoms with Crippen LogP contribution in [0.5, 0.6) is 5.75 Å². The maximum absolute atomic E-state index is 13.0. The highest BCUT2D eigenvalue weighted by atomic mass is 79.9. The zero-order valence-corrected chi connectivity index (χ0v) is 13.3. The molecule has 2 aromatic rings. The van der Waals surface area contributed by atoms with Gasteiger partial charge in [0.2, 0.25) is 0 Å². The Hall–Kier alpha value is -1.56. The van der Waals surface area contributed by atoms with E-state index in [0.717, 1.165) is 0 Å². The molecular formula is C16H13BrF3NO. The molecule has 0 spiro atoms. The second-order valence-electron chi connectivity index (χ2n) is 5.17. The van der Waals surface area contributed by atoms with Gasteiger partial charge in [-0.25, -0.2) is 4.98 Å². The van der Waals surface area contributed by atoms with Crippen molar-refractivity contribution in [3.63, 3.8) is 0 Å². The molecule has 0 saturated carbocycles. The molecule has 3 rings (SSSR count). The van der Waals surface area contributed by atoms with Gasteiger partial charge in [0.05, 0.1) is 11.3 Å². The van der Waals surface area contributed by atoms with Crippen molar-refractivity contribution in [3.05, 3.63) is 57.3 Å². The number of hydrogen-bond donors (Lipinski definition) is 0.